The molecule has 0 saturated carbocycles. The number of rotatable bonds is 4. The Labute approximate surface area is 112 Å². The number of ketones is 1. The number of carbonyl (C=O) groups is 1. The van der Waals surface area contributed by atoms with Gasteiger partial charge in [-0.3, -0.25) is 4.79 Å². The fourth-order valence-corrected chi connectivity index (χ4v) is 3.72. The van der Waals surface area contributed by atoms with Crippen LogP contribution < -0.4 is 0 Å². The zero-order valence-electron chi connectivity index (χ0n) is 10.1. The smallest absolute Gasteiger partial charge is 0.163 e. The molecule has 92 valence electrons. The largest absolute Gasteiger partial charge is 0.294 e. The Morgan fingerprint density at radius 2 is 1.94 bits per heavy atom. The Balaban J connectivity index is 1.93. The van der Waals surface area contributed by atoms with Crippen LogP contribution in [0.3, 0.4) is 0 Å². The zero-order chi connectivity index (χ0) is 12.1. The molecule has 0 amide bonds. The third kappa shape index (κ3) is 3.78. The summed E-state index contributed by atoms with van der Waals surface area (Å²) in [6, 6.07) is 8.00. The van der Waals surface area contributed by atoms with Crippen LogP contribution in [0.25, 0.3) is 0 Å². The third-order valence-electron chi connectivity index (χ3n) is 3.23. The van der Waals surface area contributed by atoms with Gasteiger partial charge in [-0.25, -0.2) is 0 Å². The Morgan fingerprint density at radius 3 is 2.53 bits per heavy atom. The predicted molar refractivity (Wildman–Crippen MR) is 77.2 cm³/mol. The summed E-state index contributed by atoms with van der Waals surface area (Å²) in [5.74, 6) is 3.38. The number of carbonyl (C=O) groups excluding carboxylic acids is 1. The highest BCUT2D eigenvalue weighted by Gasteiger charge is 2.18. The molecule has 0 N–H and O–H groups in total. The van der Waals surface area contributed by atoms with Crippen molar-refractivity contribution in [3.63, 3.8) is 0 Å². The monoisotopic (exact) mass is 266 g/mol. The molecule has 3 heteroatoms. The molecule has 1 aliphatic heterocycles. The number of benzene rings is 1. The van der Waals surface area contributed by atoms with E-state index in [4.69, 9.17) is 0 Å². The molecule has 0 aliphatic carbocycles. The first-order chi connectivity index (χ1) is 8.29. The summed E-state index contributed by atoms with van der Waals surface area (Å²) in [6.45, 7) is 0. The molecule has 1 aromatic carbocycles. The Morgan fingerprint density at radius 1 is 1.29 bits per heavy atom. The first-order valence-corrected chi connectivity index (χ1v) is 8.42. The third-order valence-corrected chi connectivity index (χ3v) is 5.02. The van der Waals surface area contributed by atoms with Crippen LogP contribution in [0.1, 0.15) is 29.6 Å². The lowest BCUT2D eigenvalue weighted by Gasteiger charge is -2.20. The highest BCUT2D eigenvalue weighted by atomic mass is 32.2. The molecule has 0 unspecified atom stereocenters. The summed E-state index contributed by atoms with van der Waals surface area (Å²) in [6.07, 6.45) is 5.20. The Bertz CT molecular complexity index is 366. The summed E-state index contributed by atoms with van der Waals surface area (Å²) in [4.78, 5) is 13.3. The van der Waals surface area contributed by atoms with Crippen molar-refractivity contribution in [2.75, 3.05) is 17.8 Å². The van der Waals surface area contributed by atoms with Crippen molar-refractivity contribution in [3.8, 4) is 0 Å². The van der Waals surface area contributed by atoms with Crippen LogP contribution in [0.4, 0.5) is 0 Å². The molecule has 17 heavy (non-hydrogen) atoms. The van der Waals surface area contributed by atoms with Gasteiger partial charge in [0.25, 0.3) is 0 Å². The van der Waals surface area contributed by atoms with E-state index in [9.17, 15) is 4.79 Å². The Hall–Kier alpha value is -0.410. The fourth-order valence-electron chi connectivity index (χ4n) is 2.11. The van der Waals surface area contributed by atoms with Crippen LogP contribution >= 0.6 is 23.5 Å². The second kappa shape index (κ2) is 6.50. The van der Waals surface area contributed by atoms with Gasteiger partial charge in [-0.1, -0.05) is 12.1 Å². The minimum absolute atomic E-state index is 0.314. The summed E-state index contributed by atoms with van der Waals surface area (Å²) >= 11 is 3.72. The summed E-state index contributed by atoms with van der Waals surface area (Å²) in [7, 11) is 0. The van der Waals surface area contributed by atoms with Gasteiger partial charge in [0.2, 0.25) is 0 Å². The van der Waals surface area contributed by atoms with E-state index >= 15 is 0 Å². The van der Waals surface area contributed by atoms with Crippen LogP contribution in [-0.2, 0) is 0 Å². The second-order valence-corrected chi connectivity index (χ2v) is 6.52. The average molecular weight is 266 g/mol. The van der Waals surface area contributed by atoms with Gasteiger partial charge in [0, 0.05) is 16.9 Å². The first kappa shape index (κ1) is 13.0. The fraction of sp³-hybridized carbons (Fsp3) is 0.500. The summed E-state index contributed by atoms with van der Waals surface area (Å²) in [5.41, 5.74) is 0.876. The van der Waals surface area contributed by atoms with Crippen LogP contribution in [0.2, 0.25) is 0 Å². The van der Waals surface area contributed by atoms with Crippen molar-refractivity contribution in [2.45, 2.75) is 24.2 Å². The lowest BCUT2D eigenvalue weighted by Crippen LogP contribution is -2.14. The highest BCUT2D eigenvalue weighted by Crippen LogP contribution is 2.26. The van der Waals surface area contributed by atoms with E-state index in [0.29, 0.717) is 11.7 Å². The zero-order valence-corrected chi connectivity index (χ0v) is 11.8. The number of thioether (sulfide) groups is 2. The minimum Gasteiger partial charge on any atom is -0.294 e. The number of hydrogen-bond acceptors (Lipinski definition) is 3. The van der Waals surface area contributed by atoms with E-state index in [-0.39, 0.29) is 0 Å². The standard InChI is InChI=1S/C14H18OS2/c1-16-13-4-2-12(3-5-13)14(15)10-11-6-8-17-9-7-11/h2-5,11H,6-10H2,1H3. The van der Waals surface area contributed by atoms with Crippen LogP contribution in [0, 0.1) is 5.92 Å². The summed E-state index contributed by atoms with van der Waals surface area (Å²) in [5, 5.41) is 0. The molecule has 2 rings (SSSR count). The molecule has 1 aliphatic rings. The van der Waals surface area contributed by atoms with E-state index in [2.05, 4.69) is 6.26 Å². The van der Waals surface area contributed by atoms with Gasteiger partial charge in [-0.2, -0.15) is 11.8 Å². The van der Waals surface area contributed by atoms with Gasteiger partial charge in [0.1, 0.15) is 0 Å². The lowest BCUT2D eigenvalue weighted by molar-refractivity contribution is 0.0958. The highest BCUT2D eigenvalue weighted by molar-refractivity contribution is 7.99. The van der Waals surface area contributed by atoms with Crippen molar-refractivity contribution < 1.29 is 4.79 Å². The van der Waals surface area contributed by atoms with Crippen LogP contribution in [-0.4, -0.2) is 23.5 Å². The van der Waals surface area contributed by atoms with Crippen molar-refractivity contribution in [3.05, 3.63) is 29.8 Å². The molecule has 1 heterocycles. The van der Waals surface area contributed by atoms with E-state index in [1.165, 1.54) is 29.2 Å². The quantitative estimate of drug-likeness (QED) is 0.602. The van der Waals surface area contributed by atoms with E-state index < -0.39 is 0 Å². The number of hydrogen-bond donors (Lipinski definition) is 0. The first-order valence-electron chi connectivity index (χ1n) is 6.04. The molecule has 1 saturated heterocycles. The maximum Gasteiger partial charge on any atom is 0.163 e. The topological polar surface area (TPSA) is 17.1 Å². The van der Waals surface area contributed by atoms with E-state index in [1.807, 2.05) is 36.0 Å². The van der Waals surface area contributed by atoms with E-state index in [0.717, 1.165) is 12.0 Å². The van der Waals surface area contributed by atoms with Crippen molar-refractivity contribution in [1.82, 2.24) is 0 Å². The van der Waals surface area contributed by atoms with Crippen molar-refractivity contribution in [1.29, 1.82) is 0 Å². The average Bonchev–Trinajstić information content (AvgIpc) is 2.40. The molecular formula is C14H18OS2. The second-order valence-electron chi connectivity index (χ2n) is 4.41. The van der Waals surface area contributed by atoms with Gasteiger partial charge in [-0.05, 0) is 48.7 Å². The lowest BCUT2D eigenvalue weighted by atomic mass is 9.93. The molecule has 1 fully saturated rings. The molecule has 0 bridgehead atoms. The predicted octanol–water partition coefficient (Wildman–Crippen LogP) is 4.12. The maximum atomic E-state index is 12.1. The van der Waals surface area contributed by atoms with Crippen LogP contribution in [0.5, 0.6) is 0 Å². The molecular weight excluding hydrogens is 248 g/mol. The number of Topliss-reactive ketones (excluding diaryl/α,β-unsaturated/α-hetero) is 1. The molecule has 0 aromatic heterocycles. The molecule has 0 spiro atoms. The SMILES string of the molecule is CSc1ccc(C(=O)CC2CCSCC2)cc1. The van der Waals surface area contributed by atoms with Gasteiger partial charge in [0.05, 0.1) is 0 Å². The van der Waals surface area contributed by atoms with Gasteiger partial charge in [-0.15, -0.1) is 11.8 Å². The van der Waals surface area contributed by atoms with Crippen molar-refractivity contribution >= 4 is 29.3 Å². The minimum atomic E-state index is 0.314. The normalized spacial score (nSPS) is 17.0. The van der Waals surface area contributed by atoms with Crippen LogP contribution in [0.15, 0.2) is 29.2 Å². The van der Waals surface area contributed by atoms with Gasteiger partial charge >= 0.3 is 0 Å². The van der Waals surface area contributed by atoms with Gasteiger partial charge < -0.3 is 0 Å². The maximum absolute atomic E-state index is 12.1. The van der Waals surface area contributed by atoms with Crippen molar-refractivity contribution in [2.24, 2.45) is 5.92 Å². The molecule has 1 aromatic rings. The van der Waals surface area contributed by atoms with E-state index in [1.54, 1.807) is 11.8 Å². The summed E-state index contributed by atoms with van der Waals surface area (Å²) < 4.78 is 0. The van der Waals surface area contributed by atoms with Gasteiger partial charge in [0.15, 0.2) is 5.78 Å². The Kier molecular flexibility index (Phi) is 4.99. The molecule has 1 nitrogen and oxygen atoms in total. The molecule has 0 radical (unpaired) electrons. The molecule has 0 atom stereocenters.